The minimum Gasteiger partial charge on any atom is -0.459 e. The summed E-state index contributed by atoms with van der Waals surface area (Å²) in [7, 11) is -3.48. The molecule has 0 aromatic carbocycles. The van der Waals surface area contributed by atoms with Crippen molar-refractivity contribution >= 4 is 22.0 Å². The van der Waals surface area contributed by atoms with E-state index in [1.165, 1.54) is 14.9 Å². The topological polar surface area (TPSA) is 127 Å². The van der Waals surface area contributed by atoms with Gasteiger partial charge in [0.25, 0.3) is 16.1 Å². The Labute approximate surface area is 199 Å². The molecule has 0 spiro atoms. The largest absolute Gasteiger partial charge is 0.459 e. The van der Waals surface area contributed by atoms with Crippen LogP contribution in [0.5, 0.6) is 0 Å². The van der Waals surface area contributed by atoms with Gasteiger partial charge in [-0.05, 0) is 25.0 Å². The highest BCUT2D eigenvalue weighted by Gasteiger charge is 2.35. The zero-order valence-electron chi connectivity index (χ0n) is 19.5. The molecule has 2 saturated heterocycles. The van der Waals surface area contributed by atoms with Gasteiger partial charge < -0.3 is 18.6 Å². The number of piperazine rings is 1. The van der Waals surface area contributed by atoms with Crippen LogP contribution >= 0.6 is 0 Å². The number of rotatable bonds is 7. The summed E-state index contributed by atoms with van der Waals surface area (Å²) in [4.78, 5) is 21.1. The summed E-state index contributed by atoms with van der Waals surface area (Å²) in [5.74, 6) is 1.03. The third-order valence-electron chi connectivity index (χ3n) is 6.49. The molecule has 2 fully saturated rings. The minimum atomic E-state index is -3.48. The number of amides is 1. The van der Waals surface area contributed by atoms with Gasteiger partial charge in [0.1, 0.15) is 6.07 Å². The molecule has 2 aliphatic rings. The normalized spacial score (nSPS) is 18.4. The van der Waals surface area contributed by atoms with Crippen molar-refractivity contribution in [2.75, 3.05) is 57.3 Å². The van der Waals surface area contributed by atoms with Gasteiger partial charge in [0.15, 0.2) is 5.76 Å². The SMILES string of the molecule is CCN(CC)S(=O)(=O)N1CCN(C(=O)C2CCN(c3oc(-c4ccco4)nc3C#N)CC2)CC1. The molecule has 11 nitrogen and oxygen atoms in total. The van der Waals surface area contributed by atoms with Crippen LogP contribution in [0.2, 0.25) is 0 Å². The van der Waals surface area contributed by atoms with Crippen LogP contribution in [0.3, 0.4) is 0 Å². The van der Waals surface area contributed by atoms with Gasteiger partial charge in [-0.2, -0.15) is 27.3 Å². The van der Waals surface area contributed by atoms with Gasteiger partial charge in [-0.3, -0.25) is 4.79 Å². The number of nitrogens with zero attached hydrogens (tertiary/aromatic N) is 6. The van der Waals surface area contributed by atoms with Gasteiger partial charge >= 0.3 is 0 Å². The van der Waals surface area contributed by atoms with E-state index in [1.54, 1.807) is 17.0 Å². The molecule has 2 aliphatic heterocycles. The van der Waals surface area contributed by atoms with Gasteiger partial charge in [0.05, 0.1) is 6.26 Å². The van der Waals surface area contributed by atoms with Crippen LogP contribution in [0.25, 0.3) is 11.7 Å². The molecule has 0 N–H and O–H groups in total. The predicted molar refractivity (Wildman–Crippen MR) is 124 cm³/mol. The van der Waals surface area contributed by atoms with E-state index in [1.807, 2.05) is 18.7 Å². The summed E-state index contributed by atoms with van der Waals surface area (Å²) in [6.45, 7) is 7.04. The van der Waals surface area contributed by atoms with Crippen LogP contribution < -0.4 is 4.90 Å². The molecular weight excluding hydrogens is 460 g/mol. The molecule has 34 heavy (non-hydrogen) atoms. The van der Waals surface area contributed by atoms with Crippen molar-refractivity contribution in [2.45, 2.75) is 26.7 Å². The minimum absolute atomic E-state index is 0.0638. The number of anilines is 1. The molecule has 0 radical (unpaired) electrons. The summed E-state index contributed by atoms with van der Waals surface area (Å²) in [6, 6.07) is 5.51. The van der Waals surface area contributed by atoms with Crippen molar-refractivity contribution in [2.24, 2.45) is 5.92 Å². The molecule has 0 aliphatic carbocycles. The number of carbonyl (C=O) groups excluding carboxylic acids is 1. The van der Waals surface area contributed by atoms with E-state index in [4.69, 9.17) is 8.83 Å². The molecule has 0 saturated carbocycles. The highest BCUT2D eigenvalue weighted by atomic mass is 32.2. The van der Waals surface area contributed by atoms with E-state index in [0.29, 0.717) is 76.8 Å². The maximum Gasteiger partial charge on any atom is 0.282 e. The monoisotopic (exact) mass is 490 g/mol. The number of hydrogen-bond donors (Lipinski definition) is 0. The second-order valence-corrected chi connectivity index (χ2v) is 10.3. The Kier molecular flexibility index (Phi) is 7.25. The summed E-state index contributed by atoms with van der Waals surface area (Å²) in [5, 5.41) is 9.47. The number of oxazole rings is 1. The molecule has 184 valence electrons. The van der Waals surface area contributed by atoms with E-state index in [0.717, 1.165) is 0 Å². The van der Waals surface area contributed by atoms with Gasteiger partial charge in [0.2, 0.25) is 17.5 Å². The Morgan fingerprint density at radius 2 is 1.85 bits per heavy atom. The molecule has 12 heteroatoms. The fourth-order valence-corrected chi connectivity index (χ4v) is 6.15. The fraction of sp³-hybridized carbons (Fsp3) is 0.591. The summed E-state index contributed by atoms with van der Waals surface area (Å²) < 4.78 is 39.5. The van der Waals surface area contributed by atoms with Crippen LogP contribution in [-0.4, -0.2) is 85.2 Å². The Morgan fingerprint density at radius 1 is 1.18 bits per heavy atom. The van der Waals surface area contributed by atoms with Gasteiger partial charge in [-0.15, -0.1) is 0 Å². The first-order chi connectivity index (χ1) is 16.4. The number of hydrogen-bond acceptors (Lipinski definition) is 8. The van der Waals surface area contributed by atoms with Crippen LogP contribution in [0, 0.1) is 17.2 Å². The van der Waals surface area contributed by atoms with E-state index >= 15 is 0 Å². The standard InChI is InChI=1S/C22H30N6O5S/c1-3-27(4-2)34(30,31)28-13-11-25(12-14-28)21(29)17-7-9-26(10-8-17)22-18(16-23)24-20(33-22)19-6-5-15-32-19/h5-6,15,17H,3-4,7-14H2,1-2H3. The van der Waals surface area contributed by atoms with Crippen LogP contribution in [-0.2, 0) is 15.0 Å². The molecule has 0 atom stereocenters. The lowest BCUT2D eigenvalue weighted by atomic mass is 9.95. The summed E-state index contributed by atoms with van der Waals surface area (Å²) >= 11 is 0. The number of aromatic nitrogens is 1. The van der Waals surface area contributed by atoms with Gasteiger partial charge in [0, 0.05) is 58.3 Å². The molecule has 4 heterocycles. The second kappa shape index (κ2) is 10.2. The molecule has 2 aromatic heterocycles. The predicted octanol–water partition coefficient (Wildman–Crippen LogP) is 1.75. The average Bonchev–Trinajstić information content (AvgIpc) is 3.54. The first kappa shape index (κ1) is 24.3. The number of nitriles is 1. The maximum absolute atomic E-state index is 13.1. The third kappa shape index (κ3) is 4.68. The molecule has 1 amide bonds. The second-order valence-electron chi connectivity index (χ2n) is 8.34. The fourth-order valence-electron chi connectivity index (χ4n) is 4.55. The van der Waals surface area contributed by atoms with Crippen LogP contribution in [0.1, 0.15) is 32.4 Å². The van der Waals surface area contributed by atoms with Crippen molar-refractivity contribution in [3.05, 3.63) is 24.1 Å². The van der Waals surface area contributed by atoms with Crippen molar-refractivity contribution < 1.29 is 22.0 Å². The highest BCUT2D eigenvalue weighted by Crippen LogP contribution is 2.31. The zero-order chi connectivity index (χ0) is 24.3. The average molecular weight is 491 g/mol. The summed E-state index contributed by atoms with van der Waals surface area (Å²) in [5.41, 5.74) is 0.196. The number of carbonyl (C=O) groups is 1. The van der Waals surface area contributed by atoms with Gasteiger partial charge in [-0.1, -0.05) is 13.8 Å². The van der Waals surface area contributed by atoms with Crippen molar-refractivity contribution in [3.8, 4) is 17.7 Å². The van der Waals surface area contributed by atoms with Crippen LogP contribution in [0.4, 0.5) is 5.88 Å². The zero-order valence-corrected chi connectivity index (χ0v) is 20.3. The highest BCUT2D eigenvalue weighted by molar-refractivity contribution is 7.86. The van der Waals surface area contributed by atoms with Crippen molar-refractivity contribution in [3.63, 3.8) is 0 Å². The smallest absolute Gasteiger partial charge is 0.282 e. The van der Waals surface area contributed by atoms with E-state index in [9.17, 15) is 18.5 Å². The van der Waals surface area contributed by atoms with E-state index < -0.39 is 10.2 Å². The Balaban J connectivity index is 1.33. The number of piperidine rings is 1. The van der Waals surface area contributed by atoms with E-state index in [-0.39, 0.29) is 23.4 Å². The Bertz CT molecular complexity index is 1120. The Hall–Kier alpha value is -2.88. The molecular formula is C22H30N6O5S. The van der Waals surface area contributed by atoms with Crippen LogP contribution in [0.15, 0.2) is 27.2 Å². The quantitative estimate of drug-likeness (QED) is 0.574. The lowest BCUT2D eigenvalue weighted by Crippen LogP contribution is -2.55. The Morgan fingerprint density at radius 3 is 2.41 bits per heavy atom. The first-order valence-electron chi connectivity index (χ1n) is 11.6. The lowest BCUT2D eigenvalue weighted by Gasteiger charge is -2.39. The van der Waals surface area contributed by atoms with Crippen molar-refractivity contribution in [1.29, 1.82) is 5.26 Å². The first-order valence-corrected chi connectivity index (χ1v) is 13.0. The van der Waals surface area contributed by atoms with E-state index in [2.05, 4.69) is 11.1 Å². The molecule has 4 rings (SSSR count). The third-order valence-corrected chi connectivity index (χ3v) is 8.67. The molecule has 0 unspecified atom stereocenters. The van der Waals surface area contributed by atoms with Gasteiger partial charge in [-0.25, -0.2) is 0 Å². The maximum atomic E-state index is 13.1. The summed E-state index contributed by atoms with van der Waals surface area (Å²) in [6.07, 6.45) is 2.76. The van der Waals surface area contributed by atoms with Crippen molar-refractivity contribution in [1.82, 2.24) is 18.5 Å². The molecule has 0 bridgehead atoms. The number of furan rings is 1. The lowest BCUT2D eigenvalue weighted by molar-refractivity contribution is -0.137. The molecule has 2 aromatic rings.